The minimum absolute atomic E-state index is 0.0324. The van der Waals surface area contributed by atoms with E-state index >= 15 is 0 Å². The second-order valence-electron chi connectivity index (χ2n) is 2.49. The van der Waals surface area contributed by atoms with Crippen LogP contribution in [0.4, 0.5) is 8.78 Å². The van der Waals surface area contributed by atoms with Crippen molar-refractivity contribution in [2.75, 3.05) is 7.05 Å². The van der Waals surface area contributed by atoms with Crippen LogP contribution in [0, 0.1) is 23.0 Å². The molecule has 0 aromatic heterocycles. The van der Waals surface area contributed by atoms with E-state index in [4.69, 9.17) is 5.26 Å². The number of hydrogen-bond donors (Lipinski definition) is 1. The van der Waals surface area contributed by atoms with Crippen molar-refractivity contribution in [1.82, 2.24) is 5.32 Å². The van der Waals surface area contributed by atoms with Crippen molar-refractivity contribution < 1.29 is 8.78 Å². The Hall–Kier alpha value is -1.47. The second-order valence-corrected chi connectivity index (χ2v) is 2.49. The number of nitrogens with zero attached hydrogens (tertiary/aromatic N) is 1. The fourth-order valence-corrected chi connectivity index (χ4v) is 1.03. The van der Waals surface area contributed by atoms with Crippen LogP contribution >= 0.6 is 0 Å². The lowest BCUT2D eigenvalue weighted by Crippen LogP contribution is -2.16. The van der Waals surface area contributed by atoms with E-state index in [1.165, 1.54) is 19.2 Å². The molecule has 1 atom stereocenters. The van der Waals surface area contributed by atoms with E-state index in [0.717, 1.165) is 6.07 Å². The summed E-state index contributed by atoms with van der Waals surface area (Å²) < 4.78 is 25.8. The Morgan fingerprint density at radius 3 is 2.69 bits per heavy atom. The molecule has 0 saturated carbocycles. The van der Waals surface area contributed by atoms with Crippen LogP contribution in [0.15, 0.2) is 18.2 Å². The molecule has 13 heavy (non-hydrogen) atoms. The molecule has 0 amide bonds. The van der Waals surface area contributed by atoms with E-state index in [-0.39, 0.29) is 5.56 Å². The Balaban J connectivity index is 3.15. The molecule has 0 aliphatic carbocycles. The largest absolute Gasteiger partial charge is 0.301 e. The molecule has 0 spiro atoms. The Labute approximate surface area is 74.8 Å². The molecule has 0 radical (unpaired) electrons. The van der Waals surface area contributed by atoms with Gasteiger partial charge in [0.2, 0.25) is 0 Å². The van der Waals surface area contributed by atoms with Gasteiger partial charge in [0.1, 0.15) is 6.04 Å². The van der Waals surface area contributed by atoms with E-state index in [0.29, 0.717) is 0 Å². The van der Waals surface area contributed by atoms with Crippen molar-refractivity contribution in [3.63, 3.8) is 0 Å². The summed E-state index contributed by atoms with van der Waals surface area (Å²) >= 11 is 0. The molecule has 1 aromatic carbocycles. The fourth-order valence-electron chi connectivity index (χ4n) is 1.03. The van der Waals surface area contributed by atoms with Gasteiger partial charge >= 0.3 is 0 Å². The maximum Gasteiger partial charge on any atom is 0.164 e. The van der Waals surface area contributed by atoms with E-state index in [1.807, 2.05) is 6.07 Å². The first-order chi connectivity index (χ1) is 6.20. The standard InChI is InChI=1S/C9H8F2N2/c1-13-8(5-12)6-3-2-4-7(10)9(6)11/h2-4,8,13H,1H3. The summed E-state index contributed by atoms with van der Waals surface area (Å²) in [4.78, 5) is 0. The van der Waals surface area contributed by atoms with Gasteiger partial charge in [-0.15, -0.1) is 0 Å². The highest BCUT2D eigenvalue weighted by Gasteiger charge is 2.15. The molecule has 4 heteroatoms. The third kappa shape index (κ3) is 1.82. The van der Waals surface area contributed by atoms with E-state index in [9.17, 15) is 8.78 Å². The minimum Gasteiger partial charge on any atom is -0.301 e. The van der Waals surface area contributed by atoms with Crippen LogP contribution < -0.4 is 5.32 Å². The molecule has 0 bridgehead atoms. The molecule has 0 aliphatic heterocycles. The predicted molar refractivity (Wildman–Crippen MR) is 43.8 cm³/mol. The van der Waals surface area contributed by atoms with Gasteiger partial charge in [-0.05, 0) is 13.1 Å². The Morgan fingerprint density at radius 1 is 1.46 bits per heavy atom. The van der Waals surface area contributed by atoms with Gasteiger partial charge in [0.05, 0.1) is 6.07 Å². The number of nitrogens with one attached hydrogen (secondary N) is 1. The molecule has 1 N–H and O–H groups in total. The first-order valence-corrected chi connectivity index (χ1v) is 3.71. The Bertz CT molecular complexity index is 344. The Morgan fingerprint density at radius 2 is 2.15 bits per heavy atom. The number of benzene rings is 1. The van der Waals surface area contributed by atoms with Crippen molar-refractivity contribution in [3.05, 3.63) is 35.4 Å². The molecule has 0 saturated heterocycles. The van der Waals surface area contributed by atoms with Gasteiger partial charge in [-0.1, -0.05) is 12.1 Å². The summed E-state index contributed by atoms with van der Waals surface area (Å²) in [6, 6.07) is 4.77. The third-order valence-electron chi connectivity index (χ3n) is 1.71. The van der Waals surface area contributed by atoms with Crippen molar-refractivity contribution in [2.24, 2.45) is 0 Å². The molecular weight excluding hydrogens is 174 g/mol. The van der Waals surface area contributed by atoms with Crippen molar-refractivity contribution in [1.29, 1.82) is 5.26 Å². The smallest absolute Gasteiger partial charge is 0.164 e. The van der Waals surface area contributed by atoms with Gasteiger partial charge in [0.25, 0.3) is 0 Å². The topological polar surface area (TPSA) is 35.8 Å². The van der Waals surface area contributed by atoms with Gasteiger partial charge in [0, 0.05) is 5.56 Å². The molecule has 1 rings (SSSR count). The highest BCUT2D eigenvalue weighted by molar-refractivity contribution is 5.26. The first-order valence-electron chi connectivity index (χ1n) is 3.71. The predicted octanol–water partition coefficient (Wildman–Crippen LogP) is 1.75. The molecule has 1 unspecified atom stereocenters. The fraction of sp³-hybridized carbons (Fsp3) is 0.222. The molecule has 0 aliphatic rings. The van der Waals surface area contributed by atoms with Crippen LogP contribution in [0.2, 0.25) is 0 Å². The van der Waals surface area contributed by atoms with Crippen molar-refractivity contribution in [3.8, 4) is 6.07 Å². The number of rotatable bonds is 2. The molecular formula is C9H8F2N2. The zero-order valence-corrected chi connectivity index (χ0v) is 7.01. The van der Waals surface area contributed by atoms with E-state index in [2.05, 4.69) is 5.32 Å². The lowest BCUT2D eigenvalue weighted by Gasteiger charge is -2.08. The maximum atomic E-state index is 13.1. The van der Waals surface area contributed by atoms with Crippen molar-refractivity contribution in [2.45, 2.75) is 6.04 Å². The maximum absolute atomic E-state index is 13.1. The number of hydrogen-bond acceptors (Lipinski definition) is 2. The first kappa shape index (κ1) is 9.62. The average Bonchev–Trinajstić information content (AvgIpc) is 2.14. The monoisotopic (exact) mass is 182 g/mol. The highest BCUT2D eigenvalue weighted by atomic mass is 19.2. The second kappa shape index (κ2) is 3.97. The SMILES string of the molecule is CNC(C#N)c1cccc(F)c1F. The van der Waals surface area contributed by atoms with Crippen LogP contribution in [0.5, 0.6) is 0 Å². The van der Waals surface area contributed by atoms with E-state index < -0.39 is 17.7 Å². The summed E-state index contributed by atoms with van der Waals surface area (Å²) in [7, 11) is 1.51. The highest BCUT2D eigenvalue weighted by Crippen LogP contribution is 2.17. The third-order valence-corrected chi connectivity index (χ3v) is 1.71. The van der Waals surface area contributed by atoms with Crippen LogP contribution in [0.25, 0.3) is 0 Å². The van der Waals surface area contributed by atoms with Crippen molar-refractivity contribution >= 4 is 0 Å². The van der Waals surface area contributed by atoms with Crippen LogP contribution in [0.1, 0.15) is 11.6 Å². The summed E-state index contributed by atoms with van der Waals surface area (Å²) in [6.07, 6.45) is 0. The number of nitriles is 1. The molecule has 2 nitrogen and oxygen atoms in total. The Kier molecular flexibility index (Phi) is 2.93. The van der Waals surface area contributed by atoms with Gasteiger partial charge in [-0.3, -0.25) is 0 Å². The molecule has 0 fully saturated rings. The van der Waals surface area contributed by atoms with Crippen LogP contribution in [-0.2, 0) is 0 Å². The molecule has 68 valence electrons. The van der Waals surface area contributed by atoms with E-state index in [1.54, 1.807) is 0 Å². The quantitative estimate of drug-likeness (QED) is 0.756. The summed E-state index contributed by atoms with van der Waals surface area (Å²) in [5.74, 6) is -1.91. The van der Waals surface area contributed by atoms with Gasteiger partial charge < -0.3 is 5.32 Å². The lowest BCUT2D eigenvalue weighted by atomic mass is 10.1. The van der Waals surface area contributed by atoms with Gasteiger partial charge in [-0.25, -0.2) is 8.78 Å². The minimum atomic E-state index is -0.969. The van der Waals surface area contributed by atoms with Gasteiger partial charge in [0.15, 0.2) is 11.6 Å². The summed E-state index contributed by atoms with van der Waals surface area (Å²) in [5.41, 5.74) is 0.0324. The van der Waals surface area contributed by atoms with Crippen LogP contribution in [-0.4, -0.2) is 7.05 Å². The van der Waals surface area contributed by atoms with Crippen LogP contribution in [0.3, 0.4) is 0 Å². The zero-order chi connectivity index (χ0) is 9.84. The van der Waals surface area contributed by atoms with Gasteiger partial charge in [-0.2, -0.15) is 5.26 Å². The molecule has 0 heterocycles. The lowest BCUT2D eigenvalue weighted by molar-refractivity contribution is 0.490. The summed E-state index contributed by atoms with van der Waals surface area (Å²) in [5, 5.41) is 11.2. The average molecular weight is 182 g/mol. The normalized spacial score (nSPS) is 12.2. The summed E-state index contributed by atoms with van der Waals surface area (Å²) in [6.45, 7) is 0. The number of halogens is 2. The molecule has 1 aromatic rings. The zero-order valence-electron chi connectivity index (χ0n) is 7.01.